The van der Waals surface area contributed by atoms with E-state index in [2.05, 4.69) is 5.32 Å². The SMILES string of the molecule is O=S(=O)(c1ccc(-c2ccccc2)cc1)c1ccc2c(c1)OC1CNCCC21. The molecule has 142 valence electrons. The summed E-state index contributed by atoms with van der Waals surface area (Å²) in [4.78, 5) is 0.578. The number of sulfone groups is 1. The molecule has 3 aromatic carbocycles. The third-order valence-electron chi connectivity index (χ3n) is 5.67. The second-order valence-corrected chi connectivity index (χ2v) is 9.30. The van der Waals surface area contributed by atoms with Gasteiger partial charge in [-0.1, -0.05) is 48.5 Å². The first-order chi connectivity index (χ1) is 13.6. The predicted molar refractivity (Wildman–Crippen MR) is 108 cm³/mol. The maximum atomic E-state index is 13.1. The van der Waals surface area contributed by atoms with Gasteiger partial charge in [0.05, 0.1) is 9.79 Å². The Hall–Kier alpha value is -2.63. The molecule has 1 N–H and O–H groups in total. The van der Waals surface area contributed by atoms with Crippen LogP contribution in [0, 0.1) is 0 Å². The van der Waals surface area contributed by atoms with E-state index in [4.69, 9.17) is 4.74 Å². The van der Waals surface area contributed by atoms with E-state index in [0.29, 0.717) is 16.6 Å². The number of benzene rings is 3. The van der Waals surface area contributed by atoms with Gasteiger partial charge in [0.25, 0.3) is 0 Å². The van der Waals surface area contributed by atoms with Crippen LogP contribution in [0.5, 0.6) is 5.75 Å². The second-order valence-electron chi connectivity index (χ2n) is 7.35. The normalized spacial score (nSPS) is 20.9. The van der Waals surface area contributed by atoms with E-state index in [0.717, 1.165) is 36.2 Å². The first kappa shape index (κ1) is 17.5. The lowest BCUT2D eigenvalue weighted by Gasteiger charge is -2.24. The van der Waals surface area contributed by atoms with Crippen molar-refractivity contribution in [1.29, 1.82) is 0 Å². The van der Waals surface area contributed by atoms with Crippen molar-refractivity contribution in [3.63, 3.8) is 0 Å². The van der Waals surface area contributed by atoms with Crippen LogP contribution in [0.25, 0.3) is 11.1 Å². The highest BCUT2D eigenvalue weighted by Crippen LogP contribution is 2.42. The third-order valence-corrected chi connectivity index (χ3v) is 7.44. The van der Waals surface area contributed by atoms with Crippen molar-refractivity contribution in [3.05, 3.63) is 78.4 Å². The number of hydrogen-bond acceptors (Lipinski definition) is 4. The fourth-order valence-corrected chi connectivity index (χ4v) is 5.43. The molecule has 2 heterocycles. The molecule has 2 aliphatic rings. The molecule has 2 aliphatic heterocycles. The number of piperidine rings is 1. The topological polar surface area (TPSA) is 55.4 Å². The summed E-state index contributed by atoms with van der Waals surface area (Å²) in [5, 5.41) is 3.34. The van der Waals surface area contributed by atoms with Gasteiger partial charge in [0.15, 0.2) is 0 Å². The maximum absolute atomic E-state index is 13.1. The number of hydrogen-bond donors (Lipinski definition) is 1. The summed E-state index contributed by atoms with van der Waals surface area (Å²) in [6.07, 6.45) is 1.12. The Morgan fingerprint density at radius 2 is 1.57 bits per heavy atom. The van der Waals surface area contributed by atoms with Crippen LogP contribution in [0.4, 0.5) is 0 Å². The Kier molecular flexibility index (Phi) is 4.22. The van der Waals surface area contributed by atoms with Crippen molar-refractivity contribution in [2.75, 3.05) is 13.1 Å². The summed E-state index contributed by atoms with van der Waals surface area (Å²) >= 11 is 0. The lowest BCUT2D eigenvalue weighted by atomic mass is 9.90. The summed E-state index contributed by atoms with van der Waals surface area (Å²) in [6, 6.07) is 22.3. The summed E-state index contributed by atoms with van der Waals surface area (Å²) in [5.41, 5.74) is 3.19. The number of ether oxygens (including phenoxy) is 1. The molecule has 0 radical (unpaired) electrons. The minimum atomic E-state index is -3.59. The fraction of sp³-hybridized carbons (Fsp3) is 0.217. The molecular formula is C23H21NO3S. The first-order valence-electron chi connectivity index (χ1n) is 9.55. The first-order valence-corrected chi connectivity index (χ1v) is 11.0. The zero-order chi connectivity index (χ0) is 19.1. The van der Waals surface area contributed by atoms with Gasteiger partial charge in [0, 0.05) is 18.0 Å². The van der Waals surface area contributed by atoms with Gasteiger partial charge in [0.2, 0.25) is 9.84 Å². The van der Waals surface area contributed by atoms with Crippen molar-refractivity contribution < 1.29 is 13.2 Å². The molecule has 5 rings (SSSR count). The molecule has 0 aromatic heterocycles. The molecule has 0 aliphatic carbocycles. The van der Waals surface area contributed by atoms with Crippen LogP contribution in [0.3, 0.4) is 0 Å². The highest BCUT2D eigenvalue weighted by Gasteiger charge is 2.36. The highest BCUT2D eigenvalue weighted by molar-refractivity contribution is 7.91. The molecule has 0 spiro atoms. The molecule has 28 heavy (non-hydrogen) atoms. The molecule has 2 atom stereocenters. The van der Waals surface area contributed by atoms with E-state index in [-0.39, 0.29) is 11.0 Å². The van der Waals surface area contributed by atoms with Gasteiger partial charge in [-0.25, -0.2) is 8.42 Å². The molecule has 2 unspecified atom stereocenters. The fourth-order valence-electron chi connectivity index (χ4n) is 4.16. The van der Waals surface area contributed by atoms with Gasteiger partial charge in [0.1, 0.15) is 11.9 Å². The lowest BCUT2D eigenvalue weighted by molar-refractivity contribution is 0.176. The number of rotatable bonds is 3. The predicted octanol–water partition coefficient (Wildman–Crippen LogP) is 4.02. The molecule has 4 nitrogen and oxygen atoms in total. The Labute approximate surface area is 165 Å². The molecule has 1 saturated heterocycles. The average Bonchev–Trinajstić information content (AvgIpc) is 3.12. The van der Waals surface area contributed by atoms with Gasteiger partial charge < -0.3 is 10.1 Å². The molecule has 5 heteroatoms. The highest BCUT2D eigenvalue weighted by atomic mass is 32.2. The number of nitrogens with one attached hydrogen (secondary N) is 1. The van der Waals surface area contributed by atoms with Crippen LogP contribution in [0.2, 0.25) is 0 Å². The van der Waals surface area contributed by atoms with E-state index < -0.39 is 9.84 Å². The molecule has 1 fully saturated rings. The van der Waals surface area contributed by atoms with Crippen molar-refractivity contribution in [2.24, 2.45) is 0 Å². The zero-order valence-corrected chi connectivity index (χ0v) is 16.2. The Bertz CT molecular complexity index is 1110. The van der Waals surface area contributed by atoms with Gasteiger partial charge in [-0.3, -0.25) is 0 Å². The van der Waals surface area contributed by atoms with Crippen molar-refractivity contribution in [3.8, 4) is 16.9 Å². The second kappa shape index (κ2) is 6.76. The van der Waals surface area contributed by atoms with Gasteiger partial charge in [-0.15, -0.1) is 0 Å². The van der Waals surface area contributed by atoms with Gasteiger partial charge >= 0.3 is 0 Å². The van der Waals surface area contributed by atoms with Gasteiger partial charge in [-0.2, -0.15) is 0 Å². The molecule has 0 bridgehead atoms. The van der Waals surface area contributed by atoms with E-state index in [1.54, 1.807) is 24.3 Å². The molecule has 3 aromatic rings. The minimum Gasteiger partial charge on any atom is -0.488 e. The minimum absolute atomic E-state index is 0.104. The van der Waals surface area contributed by atoms with Crippen LogP contribution in [-0.4, -0.2) is 27.6 Å². The van der Waals surface area contributed by atoms with Gasteiger partial charge in [-0.05, 0) is 48.4 Å². The summed E-state index contributed by atoms with van der Waals surface area (Å²) < 4.78 is 32.3. The number of fused-ring (bicyclic) bond motifs is 3. The van der Waals surface area contributed by atoms with E-state index in [1.165, 1.54) is 0 Å². The van der Waals surface area contributed by atoms with Crippen molar-refractivity contribution in [2.45, 2.75) is 28.2 Å². The van der Waals surface area contributed by atoms with E-state index in [9.17, 15) is 8.42 Å². The smallest absolute Gasteiger partial charge is 0.206 e. The Balaban J connectivity index is 1.46. The quantitative estimate of drug-likeness (QED) is 0.733. The van der Waals surface area contributed by atoms with Crippen LogP contribution in [0.1, 0.15) is 17.9 Å². The summed E-state index contributed by atoms with van der Waals surface area (Å²) in [7, 11) is -3.59. The standard InChI is InChI=1S/C23H21NO3S/c25-28(26,18-8-6-17(7-9-18)16-4-2-1-3-5-16)19-10-11-20-21-12-13-24-15-23(21)27-22(20)14-19/h1-11,14,21,23-24H,12-13,15H2. The van der Waals surface area contributed by atoms with Crippen molar-refractivity contribution >= 4 is 9.84 Å². The van der Waals surface area contributed by atoms with E-state index in [1.807, 2.05) is 48.5 Å². The van der Waals surface area contributed by atoms with E-state index >= 15 is 0 Å². The Morgan fingerprint density at radius 3 is 2.36 bits per heavy atom. The lowest BCUT2D eigenvalue weighted by Crippen LogP contribution is -2.39. The van der Waals surface area contributed by atoms with Crippen LogP contribution < -0.4 is 10.1 Å². The zero-order valence-electron chi connectivity index (χ0n) is 15.3. The maximum Gasteiger partial charge on any atom is 0.206 e. The molecule has 0 saturated carbocycles. The monoisotopic (exact) mass is 391 g/mol. The third kappa shape index (κ3) is 2.91. The summed E-state index contributed by atoms with van der Waals surface area (Å²) in [5.74, 6) is 1.07. The Morgan fingerprint density at radius 1 is 0.857 bits per heavy atom. The molecular weight excluding hydrogens is 370 g/mol. The largest absolute Gasteiger partial charge is 0.488 e. The average molecular weight is 391 g/mol. The van der Waals surface area contributed by atoms with Crippen LogP contribution in [0.15, 0.2) is 82.6 Å². The van der Waals surface area contributed by atoms with Crippen LogP contribution >= 0.6 is 0 Å². The van der Waals surface area contributed by atoms with Crippen molar-refractivity contribution in [1.82, 2.24) is 5.32 Å². The van der Waals surface area contributed by atoms with Crippen LogP contribution in [-0.2, 0) is 9.84 Å². The molecule has 0 amide bonds. The summed E-state index contributed by atoms with van der Waals surface area (Å²) in [6.45, 7) is 1.78.